The van der Waals surface area contributed by atoms with E-state index in [0.29, 0.717) is 18.0 Å². The van der Waals surface area contributed by atoms with Crippen LogP contribution in [0.1, 0.15) is 0 Å². The number of ether oxygens (including phenoxy) is 1. The highest BCUT2D eigenvalue weighted by atomic mass is 32.2. The highest BCUT2D eigenvalue weighted by Gasteiger charge is 2.11. The van der Waals surface area contributed by atoms with Gasteiger partial charge in [-0.25, -0.2) is 0 Å². The molecule has 0 unspecified atom stereocenters. The highest BCUT2D eigenvalue weighted by molar-refractivity contribution is 8.13. The Hall–Kier alpha value is -0.200. The van der Waals surface area contributed by atoms with E-state index in [0.717, 1.165) is 11.8 Å². The number of hydrogen-bond donors (Lipinski definition) is 2. The highest BCUT2D eigenvalue weighted by Crippen LogP contribution is 2.04. The third-order valence-corrected chi connectivity index (χ3v) is 2.36. The normalized spacial score (nSPS) is 12.2. The molecule has 0 aromatic carbocycles. The average molecular weight is 209 g/mol. The maximum absolute atomic E-state index is 11.0. The van der Waals surface area contributed by atoms with Crippen molar-refractivity contribution in [1.82, 2.24) is 0 Å². The minimum Gasteiger partial charge on any atom is -0.467 e. The molecule has 0 aliphatic carbocycles. The van der Waals surface area contributed by atoms with Gasteiger partial charge in [-0.3, -0.25) is 9.59 Å². The van der Waals surface area contributed by atoms with Crippen molar-refractivity contribution in [3.63, 3.8) is 0 Å². The molecule has 0 bridgehead atoms. The predicted molar refractivity (Wildman–Crippen MR) is 51.3 cm³/mol. The summed E-state index contributed by atoms with van der Waals surface area (Å²) in [6.07, 6.45) is 0. The smallest absolute Gasteiger partial charge is 0.293 e. The monoisotopic (exact) mass is 209 g/mol. The standard InChI is InChI=1S/C6H11NO3S2/c7-5(3-11)6(9)12-2-1-10-4-8/h4-5,11H,1-3,7H2/t5-/m0/s1. The molecule has 0 aromatic heterocycles. The summed E-state index contributed by atoms with van der Waals surface area (Å²) >= 11 is 4.92. The minimum atomic E-state index is -0.533. The molecule has 0 spiro atoms. The van der Waals surface area contributed by atoms with Gasteiger partial charge in [0.1, 0.15) is 6.61 Å². The molecule has 0 aromatic rings. The Kier molecular flexibility index (Phi) is 7.33. The number of carbonyl (C=O) groups is 2. The van der Waals surface area contributed by atoms with Crippen molar-refractivity contribution < 1.29 is 14.3 Å². The first kappa shape index (κ1) is 11.8. The Balaban J connectivity index is 3.37. The molecule has 0 fully saturated rings. The van der Waals surface area contributed by atoms with Gasteiger partial charge in [0.25, 0.3) is 6.47 Å². The van der Waals surface area contributed by atoms with E-state index in [1.54, 1.807) is 0 Å². The lowest BCUT2D eigenvalue weighted by Gasteiger charge is -2.05. The molecule has 2 N–H and O–H groups in total. The molecule has 0 heterocycles. The average Bonchev–Trinajstić information content (AvgIpc) is 2.10. The first-order valence-corrected chi connectivity index (χ1v) is 4.92. The van der Waals surface area contributed by atoms with Crippen LogP contribution in [0.5, 0.6) is 0 Å². The van der Waals surface area contributed by atoms with E-state index in [4.69, 9.17) is 5.73 Å². The van der Waals surface area contributed by atoms with Crippen molar-refractivity contribution in [3.8, 4) is 0 Å². The van der Waals surface area contributed by atoms with Crippen LogP contribution in [-0.4, -0.2) is 35.7 Å². The first-order chi connectivity index (χ1) is 5.72. The minimum absolute atomic E-state index is 0.125. The maximum Gasteiger partial charge on any atom is 0.293 e. The van der Waals surface area contributed by atoms with Gasteiger partial charge in [0.15, 0.2) is 0 Å². The molecule has 4 nitrogen and oxygen atoms in total. The molecule has 6 heteroatoms. The third-order valence-electron chi connectivity index (χ3n) is 1.01. The lowest BCUT2D eigenvalue weighted by Crippen LogP contribution is -2.30. The van der Waals surface area contributed by atoms with Crippen LogP contribution >= 0.6 is 24.4 Å². The number of nitrogens with two attached hydrogens (primary N) is 1. The first-order valence-electron chi connectivity index (χ1n) is 3.30. The van der Waals surface area contributed by atoms with Gasteiger partial charge in [-0.2, -0.15) is 12.6 Å². The van der Waals surface area contributed by atoms with E-state index in [1.165, 1.54) is 0 Å². The second-order valence-electron chi connectivity index (χ2n) is 1.92. The van der Waals surface area contributed by atoms with Crippen LogP contribution in [0.15, 0.2) is 0 Å². The number of thiol groups is 1. The number of rotatable bonds is 6. The molecule has 0 amide bonds. The zero-order valence-electron chi connectivity index (χ0n) is 6.43. The van der Waals surface area contributed by atoms with E-state index in [-0.39, 0.29) is 11.7 Å². The van der Waals surface area contributed by atoms with Crippen LogP contribution in [0.2, 0.25) is 0 Å². The fourth-order valence-electron chi connectivity index (χ4n) is 0.420. The fourth-order valence-corrected chi connectivity index (χ4v) is 1.39. The van der Waals surface area contributed by atoms with Gasteiger partial charge in [0.2, 0.25) is 5.12 Å². The molecule has 0 saturated carbocycles. The second kappa shape index (κ2) is 7.45. The number of hydrogen-bond acceptors (Lipinski definition) is 6. The Bertz CT molecular complexity index is 154. The Morgan fingerprint density at radius 2 is 2.42 bits per heavy atom. The molecule has 0 aliphatic rings. The molecule has 0 rings (SSSR count). The van der Waals surface area contributed by atoms with Crippen molar-refractivity contribution in [2.45, 2.75) is 6.04 Å². The summed E-state index contributed by atoms with van der Waals surface area (Å²) in [4.78, 5) is 20.7. The predicted octanol–water partition coefficient (Wildman–Crippen LogP) is -0.324. The lowest BCUT2D eigenvalue weighted by molar-refractivity contribution is -0.128. The topological polar surface area (TPSA) is 69.4 Å². The Morgan fingerprint density at radius 1 is 1.75 bits per heavy atom. The van der Waals surface area contributed by atoms with Crippen molar-refractivity contribution in [2.75, 3.05) is 18.1 Å². The summed E-state index contributed by atoms with van der Waals surface area (Å²) < 4.78 is 4.38. The van der Waals surface area contributed by atoms with E-state index >= 15 is 0 Å². The van der Waals surface area contributed by atoms with E-state index < -0.39 is 6.04 Å². The van der Waals surface area contributed by atoms with Crippen LogP contribution in [-0.2, 0) is 14.3 Å². The summed E-state index contributed by atoms with van der Waals surface area (Å²) in [6, 6.07) is -0.533. The largest absolute Gasteiger partial charge is 0.467 e. The van der Waals surface area contributed by atoms with Gasteiger partial charge in [-0.05, 0) is 0 Å². The van der Waals surface area contributed by atoms with Gasteiger partial charge in [0.05, 0.1) is 6.04 Å². The third kappa shape index (κ3) is 5.45. The van der Waals surface area contributed by atoms with E-state index in [9.17, 15) is 9.59 Å². The maximum atomic E-state index is 11.0. The van der Waals surface area contributed by atoms with Crippen LogP contribution < -0.4 is 5.73 Å². The van der Waals surface area contributed by atoms with Crippen LogP contribution in [0.3, 0.4) is 0 Å². The zero-order valence-corrected chi connectivity index (χ0v) is 8.14. The van der Waals surface area contributed by atoms with Crippen LogP contribution in [0.25, 0.3) is 0 Å². The summed E-state index contributed by atoms with van der Waals surface area (Å²) in [5.74, 6) is 0.777. The molecular weight excluding hydrogens is 198 g/mol. The molecular formula is C6H11NO3S2. The van der Waals surface area contributed by atoms with Gasteiger partial charge in [-0.1, -0.05) is 11.8 Å². The van der Waals surface area contributed by atoms with Gasteiger partial charge in [0, 0.05) is 11.5 Å². The Morgan fingerprint density at radius 3 is 2.92 bits per heavy atom. The molecule has 0 aliphatic heterocycles. The van der Waals surface area contributed by atoms with Crippen molar-refractivity contribution >= 4 is 36.0 Å². The lowest BCUT2D eigenvalue weighted by atomic mass is 10.4. The van der Waals surface area contributed by atoms with Gasteiger partial charge >= 0.3 is 0 Å². The van der Waals surface area contributed by atoms with E-state index in [2.05, 4.69) is 17.4 Å². The summed E-state index contributed by atoms with van der Waals surface area (Å²) in [6.45, 7) is 0.586. The summed E-state index contributed by atoms with van der Waals surface area (Å²) in [7, 11) is 0. The van der Waals surface area contributed by atoms with Crippen molar-refractivity contribution in [1.29, 1.82) is 0 Å². The Labute approximate surface area is 80.6 Å². The zero-order chi connectivity index (χ0) is 9.40. The molecule has 0 radical (unpaired) electrons. The van der Waals surface area contributed by atoms with Gasteiger partial charge in [-0.15, -0.1) is 0 Å². The van der Waals surface area contributed by atoms with Crippen molar-refractivity contribution in [2.24, 2.45) is 5.73 Å². The number of thioether (sulfide) groups is 1. The summed E-state index contributed by atoms with van der Waals surface area (Å²) in [5.41, 5.74) is 5.37. The quantitative estimate of drug-likeness (QED) is 0.356. The molecule has 0 saturated heterocycles. The SMILES string of the molecule is N[C@@H](CS)C(=O)SCCOC=O. The van der Waals surface area contributed by atoms with Crippen molar-refractivity contribution in [3.05, 3.63) is 0 Å². The molecule has 1 atom stereocenters. The number of carbonyl (C=O) groups excluding carboxylic acids is 2. The molecule has 70 valence electrons. The van der Waals surface area contributed by atoms with Crippen LogP contribution in [0.4, 0.5) is 0 Å². The van der Waals surface area contributed by atoms with Gasteiger partial charge < -0.3 is 10.5 Å². The fraction of sp³-hybridized carbons (Fsp3) is 0.667. The second-order valence-corrected chi connectivity index (χ2v) is 3.39. The molecule has 12 heavy (non-hydrogen) atoms. The van der Waals surface area contributed by atoms with Crippen LogP contribution in [0, 0.1) is 0 Å². The summed E-state index contributed by atoms with van der Waals surface area (Å²) in [5, 5.41) is -0.125. The van der Waals surface area contributed by atoms with E-state index in [1.807, 2.05) is 0 Å².